The number of carbonyl (C=O) groups is 3. The van der Waals surface area contributed by atoms with Gasteiger partial charge in [0.05, 0.1) is 23.2 Å². The second-order valence-electron chi connectivity index (χ2n) is 9.95. The Labute approximate surface area is 221 Å². The monoisotopic (exact) mass is 528 g/mol. The third kappa shape index (κ3) is 7.94. The van der Waals surface area contributed by atoms with Crippen LogP contribution >= 0.6 is 0 Å². The quantitative estimate of drug-likeness (QED) is 0.274. The van der Waals surface area contributed by atoms with Crippen LogP contribution < -0.4 is 16.3 Å². The number of amides is 3. The second kappa shape index (κ2) is 13.3. The van der Waals surface area contributed by atoms with Gasteiger partial charge in [-0.25, -0.2) is 9.59 Å². The number of ether oxygens (including phenoxy) is 3. The lowest BCUT2D eigenvalue weighted by Gasteiger charge is -2.21. The molecule has 3 amide bonds. The lowest BCUT2D eigenvalue weighted by atomic mass is 10.1. The molecule has 2 heterocycles. The van der Waals surface area contributed by atoms with Crippen molar-refractivity contribution in [3.63, 3.8) is 0 Å². The summed E-state index contributed by atoms with van der Waals surface area (Å²) >= 11 is 0. The maximum absolute atomic E-state index is 13.0. The molecule has 11 heteroatoms. The molecule has 1 saturated heterocycles. The minimum atomic E-state index is -0.737. The smallest absolute Gasteiger partial charge is 0.407 e. The fraction of sp³-hybridized carbons (Fsp3) is 0.556. The van der Waals surface area contributed by atoms with E-state index in [4.69, 9.17) is 14.2 Å². The number of aryl methyl sites for hydroxylation is 1. The SMILES string of the molecule is Cn1c(=O)n(C2CCC(=O)NC2=O)c2cccc(C#CCOCCCOCCCNC(=O)OC(C)(C)C)c21. The van der Waals surface area contributed by atoms with Crippen LogP contribution in [0.15, 0.2) is 23.0 Å². The molecule has 0 radical (unpaired) electrons. The van der Waals surface area contributed by atoms with E-state index in [1.807, 2.05) is 26.8 Å². The number of nitrogens with one attached hydrogen (secondary N) is 2. The minimum Gasteiger partial charge on any atom is -0.444 e. The van der Waals surface area contributed by atoms with E-state index in [-0.39, 0.29) is 31.0 Å². The molecule has 1 aromatic carbocycles. The number of nitrogens with zero attached hydrogens (tertiary/aromatic N) is 2. The van der Waals surface area contributed by atoms with Crippen LogP contribution in [0.2, 0.25) is 0 Å². The van der Waals surface area contributed by atoms with Crippen LogP contribution in [0.4, 0.5) is 4.79 Å². The number of hydrogen-bond acceptors (Lipinski definition) is 7. The van der Waals surface area contributed by atoms with Gasteiger partial charge in [0, 0.05) is 33.2 Å². The number of rotatable bonds is 10. The van der Waals surface area contributed by atoms with E-state index in [9.17, 15) is 19.2 Å². The van der Waals surface area contributed by atoms with Gasteiger partial charge in [-0.15, -0.1) is 0 Å². The van der Waals surface area contributed by atoms with Crippen molar-refractivity contribution in [1.82, 2.24) is 19.8 Å². The molecule has 3 rings (SSSR count). The van der Waals surface area contributed by atoms with Crippen LogP contribution in [-0.2, 0) is 30.8 Å². The molecule has 1 atom stereocenters. The predicted molar refractivity (Wildman–Crippen MR) is 141 cm³/mol. The van der Waals surface area contributed by atoms with E-state index < -0.39 is 23.6 Å². The number of imide groups is 1. The molecule has 0 saturated carbocycles. The predicted octanol–water partition coefficient (Wildman–Crippen LogP) is 2.01. The van der Waals surface area contributed by atoms with Crippen molar-refractivity contribution in [2.24, 2.45) is 7.05 Å². The topological polar surface area (TPSA) is 130 Å². The number of alkyl carbamates (subject to hydrolysis) is 1. The summed E-state index contributed by atoms with van der Waals surface area (Å²) in [4.78, 5) is 48.4. The van der Waals surface area contributed by atoms with E-state index >= 15 is 0 Å². The summed E-state index contributed by atoms with van der Waals surface area (Å²) in [5, 5.41) is 5.00. The van der Waals surface area contributed by atoms with Gasteiger partial charge in [-0.3, -0.25) is 24.0 Å². The van der Waals surface area contributed by atoms with Crippen molar-refractivity contribution in [3.8, 4) is 11.8 Å². The van der Waals surface area contributed by atoms with E-state index in [1.165, 1.54) is 9.13 Å². The first-order valence-electron chi connectivity index (χ1n) is 12.7. The summed E-state index contributed by atoms with van der Waals surface area (Å²) < 4.78 is 19.2. The molecule has 1 unspecified atom stereocenters. The Bertz CT molecular complexity index is 1280. The number of aromatic nitrogens is 2. The highest BCUT2D eigenvalue weighted by Gasteiger charge is 2.31. The van der Waals surface area contributed by atoms with Gasteiger partial charge in [0.1, 0.15) is 18.2 Å². The lowest BCUT2D eigenvalue weighted by Crippen LogP contribution is -2.44. The van der Waals surface area contributed by atoms with Crippen LogP contribution in [-0.4, -0.2) is 65.6 Å². The summed E-state index contributed by atoms with van der Waals surface area (Å²) in [6.07, 6.45) is 1.43. The van der Waals surface area contributed by atoms with Crippen molar-refractivity contribution in [3.05, 3.63) is 34.2 Å². The first-order valence-corrected chi connectivity index (χ1v) is 12.7. The first-order chi connectivity index (χ1) is 18.1. The number of benzene rings is 1. The molecule has 1 aromatic heterocycles. The molecule has 2 N–H and O–H groups in total. The van der Waals surface area contributed by atoms with Gasteiger partial charge in [0.2, 0.25) is 11.8 Å². The van der Waals surface area contributed by atoms with E-state index in [0.29, 0.717) is 55.8 Å². The zero-order valence-electron chi connectivity index (χ0n) is 22.4. The Morgan fingerprint density at radius 1 is 1.13 bits per heavy atom. The molecule has 11 nitrogen and oxygen atoms in total. The molecule has 2 aromatic rings. The van der Waals surface area contributed by atoms with Crippen molar-refractivity contribution < 1.29 is 28.6 Å². The molecule has 1 aliphatic rings. The van der Waals surface area contributed by atoms with Gasteiger partial charge in [-0.1, -0.05) is 17.9 Å². The maximum atomic E-state index is 13.0. The molecule has 0 spiro atoms. The van der Waals surface area contributed by atoms with Gasteiger partial charge in [0.25, 0.3) is 0 Å². The van der Waals surface area contributed by atoms with Crippen LogP contribution in [0.3, 0.4) is 0 Å². The Morgan fingerprint density at radius 2 is 1.87 bits per heavy atom. The average Bonchev–Trinajstić information content (AvgIpc) is 3.09. The van der Waals surface area contributed by atoms with Crippen LogP contribution in [0, 0.1) is 11.8 Å². The third-order valence-electron chi connectivity index (χ3n) is 5.73. The zero-order valence-corrected chi connectivity index (χ0v) is 22.4. The van der Waals surface area contributed by atoms with Crippen molar-refractivity contribution in [1.29, 1.82) is 0 Å². The molecule has 0 aliphatic carbocycles. The fourth-order valence-corrected chi connectivity index (χ4v) is 4.07. The summed E-state index contributed by atoms with van der Waals surface area (Å²) in [5.41, 5.74) is 1.03. The molecule has 1 fully saturated rings. The van der Waals surface area contributed by atoms with E-state index in [2.05, 4.69) is 22.5 Å². The van der Waals surface area contributed by atoms with Crippen LogP contribution in [0.1, 0.15) is 58.1 Å². The Kier molecular flexibility index (Phi) is 10.1. The number of para-hydroxylation sites is 1. The number of imidazole rings is 1. The summed E-state index contributed by atoms with van der Waals surface area (Å²) in [6, 6.07) is 4.64. The van der Waals surface area contributed by atoms with Crippen LogP contribution in [0.5, 0.6) is 0 Å². The summed E-state index contributed by atoms with van der Waals surface area (Å²) in [7, 11) is 1.64. The number of piperidine rings is 1. The molecule has 1 aliphatic heterocycles. The molecular formula is C27H36N4O7. The minimum absolute atomic E-state index is 0.187. The van der Waals surface area contributed by atoms with Crippen molar-refractivity contribution >= 4 is 28.9 Å². The molecule has 38 heavy (non-hydrogen) atoms. The lowest BCUT2D eigenvalue weighted by molar-refractivity contribution is -0.135. The first kappa shape index (κ1) is 28.9. The average molecular weight is 529 g/mol. The second-order valence-corrected chi connectivity index (χ2v) is 9.95. The Morgan fingerprint density at radius 3 is 2.61 bits per heavy atom. The van der Waals surface area contributed by atoms with Crippen molar-refractivity contribution in [2.75, 3.05) is 33.0 Å². The highest BCUT2D eigenvalue weighted by atomic mass is 16.6. The zero-order chi connectivity index (χ0) is 27.7. The van der Waals surface area contributed by atoms with Gasteiger partial charge in [-0.05, 0) is 52.2 Å². The van der Waals surface area contributed by atoms with E-state index in [0.717, 1.165) is 0 Å². The maximum Gasteiger partial charge on any atom is 0.407 e. The number of fused-ring (bicyclic) bond motifs is 1. The summed E-state index contributed by atoms with van der Waals surface area (Å²) in [5.74, 6) is 5.24. The van der Waals surface area contributed by atoms with Gasteiger partial charge in [0.15, 0.2) is 0 Å². The van der Waals surface area contributed by atoms with Crippen LogP contribution in [0.25, 0.3) is 11.0 Å². The van der Waals surface area contributed by atoms with Crippen molar-refractivity contribution in [2.45, 2.75) is 58.1 Å². The molecule has 206 valence electrons. The number of carbonyl (C=O) groups excluding carboxylic acids is 3. The number of hydrogen-bond donors (Lipinski definition) is 2. The fourth-order valence-electron chi connectivity index (χ4n) is 4.07. The highest BCUT2D eigenvalue weighted by Crippen LogP contribution is 2.24. The Balaban J connectivity index is 1.42. The standard InChI is InChI=1S/C27H36N4O7/c1-27(2,3)38-25(34)28-14-7-16-37-18-8-17-36-15-6-10-19-9-5-11-20-23(19)30(4)26(35)31(20)21-12-13-22(32)29-24(21)33/h5,9,11,21H,7-8,12-18H2,1-4H3,(H,28,34)(H,29,32,33). The normalized spacial score (nSPS) is 15.6. The third-order valence-corrected chi connectivity index (χ3v) is 5.73. The van der Waals surface area contributed by atoms with Gasteiger partial charge < -0.3 is 19.5 Å². The van der Waals surface area contributed by atoms with Gasteiger partial charge in [-0.2, -0.15) is 0 Å². The highest BCUT2D eigenvalue weighted by molar-refractivity contribution is 6.00. The molecular weight excluding hydrogens is 492 g/mol. The van der Waals surface area contributed by atoms with E-state index in [1.54, 1.807) is 19.2 Å². The summed E-state index contributed by atoms with van der Waals surface area (Å²) in [6.45, 7) is 7.70. The Hall–Kier alpha value is -3.62. The molecule has 0 bridgehead atoms. The largest absolute Gasteiger partial charge is 0.444 e. The van der Waals surface area contributed by atoms with Gasteiger partial charge >= 0.3 is 11.8 Å².